The average Bonchev–Trinajstić information content (AvgIpc) is 2.50. The molecule has 0 amide bonds. The quantitative estimate of drug-likeness (QED) is 0.749. The Hall–Kier alpha value is -1.73. The van der Waals surface area contributed by atoms with Crippen LogP contribution in [0.4, 0.5) is 5.69 Å². The molecule has 0 aliphatic heterocycles. The molecule has 0 spiro atoms. The van der Waals surface area contributed by atoms with Crippen LogP contribution in [0.25, 0.3) is 0 Å². The third kappa shape index (κ3) is 5.94. The number of para-hydroxylation sites is 1. The van der Waals surface area contributed by atoms with Gasteiger partial charge in [0.15, 0.2) is 0 Å². The summed E-state index contributed by atoms with van der Waals surface area (Å²) in [5, 5.41) is 21.1. The molecule has 1 rings (SSSR count). The molecule has 112 valence electrons. The van der Waals surface area contributed by atoms with Crippen molar-refractivity contribution in [2.75, 3.05) is 19.0 Å². The van der Waals surface area contributed by atoms with Crippen LogP contribution in [0.15, 0.2) is 18.2 Å². The Morgan fingerprint density at radius 3 is 2.60 bits per heavy atom. The minimum atomic E-state index is -0.258. The van der Waals surface area contributed by atoms with Crippen LogP contribution in [0.3, 0.4) is 0 Å². The molecule has 0 aliphatic rings. The monoisotopic (exact) mass is 278 g/mol. The topological polar surface area (TPSA) is 65.3 Å². The minimum absolute atomic E-state index is 0.172. The van der Waals surface area contributed by atoms with Gasteiger partial charge in [-0.05, 0) is 37.8 Å². The van der Waals surface area contributed by atoms with Crippen LogP contribution in [-0.4, -0.2) is 24.9 Å². The van der Waals surface area contributed by atoms with E-state index in [1.54, 1.807) is 7.11 Å². The molecule has 0 aliphatic carbocycles. The number of benzene rings is 1. The smallest absolute Gasteiger partial charge is 0.142 e. The van der Waals surface area contributed by atoms with Gasteiger partial charge in [-0.25, -0.2) is 0 Å². The SMILES string of the molecule is CC.COc1cccc(C)c1N[C@@H](C#N)CCCCO. The van der Waals surface area contributed by atoms with Gasteiger partial charge < -0.3 is 15.2 Å². The number of anilines is 1. The molecule has 2 N–H and O–H groups in total. The van der Waals surface area contributed by atoms with Gasteiger partial charge in [-0.1, -0.05) is 26.0 Å². The van der Waals surface area contributed by atoms with Crippen molar-refractivity contribution >= 4 is 5.69 Å². The van der Waals surface area contributed by atoms with E-state index in [9.17, 15) is 0 Å². The standard InChI is InChI=1S/C14H20N2O2.C2H6/c1-11-6-5-8-13(18-2)14(11)16-12(10-15)7-3-4-9-17;1-2/h5-6,8,12,16-17H,3-4,7,9H2,1-2H3;1-2H3/t12-;/m1./s1. The van der Waals surface area contributed by atoms with Gasteiger partial charge in [0.1, 0.15) is 11.8 Å². The molecule has 0 fully saturated rings. The lowest BCUT2D eigenvalue weighted by Gasteiger charge is -2.17. The first-order valence-corrected chi connectivity index (χ1v) is 7.13. The summed E-state index contributed by atoms with van der Waals surface area (Å²) in [4.78, 5) is 0. The molecule has 0 heterocycles. The number of ether oxygens (including phenoxy) is 1. The highest BCUT2D eigenvalue weighted by Crippen LogP contribution is 2.28. The molecular weight excluding hydrogens is 252 g/mol. The molecule has 0 radical (unpaired) electrons. The third-order valence-electron chi connectivity index (χ3n) is 2.83. The highest BCUT2D eigenvalue weighted by atomic mass is 16.5. The van der Waals surface area contributed by atoms with Crippen LogP contribution in [0, 0.1) is 18.3 Å². The fourth-order valence-corrected chi connectivity index (χ4v) is 1.80. The van der Waals surface area contributed by atoms with Crippen molar-refractivity contribution in [1.29, 1.82) is 5.26 Å². The van der Waals surface area contributed by atoms with E-state index in [1.165, 1.54) is 0 Å². The summed E-state index contributed by atoms with van der Waals surface area (Å²) in [7, 11) is 1.62. The van der Waals surface area contributed by atoms with Crippen LogP contribution in [0.2, 0.25) is 0 Å². The molecule has 0 aromatic heterocycles. The predicted molar refractivity (Wildman–Crippen MR) is 83.0 cm³/mol. The molecule has 4 heteroatoms. The number of methoxy groups -OCH3 is 1. The molecule has 0 bridgehead atoms. The third-order valence-corrected chi connectivity index (χ3v) is 2.83. The first-order valence-electron chi connectivity index (χ1n) is 7.13. The lowest BCUT2D eigenvalue weighted by Crippen LogP contribution is -2.18. The molecule has 0 saturated carbocycles. The largest absolute Gasteiger partial charge is 0.495 e. The maximum atomic E-state index is 9.13. The Morgan fingerprint density at radius 1 is 1.35 bits per heavy atom. The number of aliphatic hydroxyl groups is 1. The van der Waals surface area contributed by atoms with E-state index in [4.69, 9.17) is 15.1 Å². The highest BCUT2D eigenvalue weighted by molar-refractivity contribution is 5.62. The molecular formula is C16H26N2O2. The fourth-order valence-electron chi connectivity index (χ4n) is 1.80. The van der Waals surface area contributed by atoms with Crippen molar-refractivity contribution in [3.05, 3.63) is 23.8 Å². The number of aryl methyl sites for hydroxylation is 1. The van der Waals surface area contributed by atoms with E-state index in [-0.39, 0.29) is 12.6 Å². The second-order valence-corrected chi connectivity index (χ2v) is 4.20. The van der Waals surface area contributed by atoms with Gasteiger partial charge in [0.2, 0.25) is 0 Å². The first kappa shape index (κ1) is 18.3. The van der Waals surface area contributed by atoms with Crippen molar-refractivity contribution < 1.29 is 9.84 Å². The van der Waals surface area contributed by atoms with Crippen molar-refractivity contribution in [2.45, 2.75) is 46.1 Å². The van der Waals surface area contributed by atoms with Gasteiger partial charge >= 0.3 is 0 Å². The van der Waals surface area contributed by atoms with Crippen LogP contribution in [-0.2, 0) is 0 Å². The molecule has 20 heavy (non-hydrogen) atoms. The first-order chi connectivity index (χ1) is 9.72. The zero-order valence-corrected chi connectivity index (χ0v) is 12.9. The molecule has 1 atom stereocenters. The van der Waals surface area contributed by atoms with Gasteiger partial charge in [0.05, 0.1) is 18.9 Å². The van der Waals surface area contributed by atoms with Gasteiger partial charge in [0.25, 0.3) is 0 Å². The second kappa shape index (κ2) is 11.1. The molecule has 1 aromatic rings. The van der Waals surface area contributed by atoms with E-state index in [0.29, 0.717) is 6.42 Å². The fraction of sp³-hybridized carbons (Fsp3) is 0.562. The van der Waals surface area contributed by atoms with E-state index in [2.05, 4.69) is 11.4 Å². The predicted octanol–water partition coefficient (Wildman–Crippen LogP) is 3.50. The zero-order valence-electron chi connectivity index (χ0n) is 12.9. The summed E-state index contributed by atoms with van der Waals surface area (Å²) < 4.78 is 5.29. The number of aliphatic hydroxyl groups excluding tert-OH is 1. The van der Waals surface area contributed by atoms with E-state index in [1.807, 2.05) is 39.0 Å². The maximum absolute atomic E-state index is 9.13. The number of rotatable bonds is 7. The van der Waals surface area contributed by atoms with Crippen molar-refractivity contribution in [3.8, 4) is 11.8 Å². The minimum Gasteiger partial charge on any atom is -0.495 e. The summed E-state index contributed by atoms with van der Waals surface area (Å²) in [6.45, 7) is 6.15. The zero-order chi connectivity index (χ0) is 15.4. The molecule has 0 saturated heterocycles. The summed E-state index contributed by atoms with van der Waals surface area (Å²) in [6.07, 6.45) is 2.27. The molecule has 0 unspecified atom stereocenters. The molecule has 4 nitrogen and oxygen atoms in total. The Bertz CT molecular complexity index is 413. The Kier molecular flexibility index (Phi) is 10.2. The number of unbranched alkanes of at least 4 members (excludes halogenated alkanes) is 1. The lowest BCUT2D eigenvalue weighted by molar-refractivity contribution is 0.283. The number of nitriles is 1. The Labute approximate surface area is 122 Å². The summed E-state index contributed by atoms with van der Waals surface area (Å²) >= 11 is 0. The second-order valence-electron chi connectivity index (χ2n) is 4.20. The van der Waals surface area contributed by atoms with Crippen LogP contribution in [0.1, 0.15) is 38.7 Å². The van der Waals surface area contributed by atoms with Crippen molar-refractivity contribution in [1.82, 2.24) is 0 Å². The van der Waals surface area contributed by atoms with E-state index >= 15 is 0 Å². The summed E-state index contributed by atoms with van der Waals surface area (Å²) in [5.74, 6) is 0.748. The van der Waals surface area contributed by atoms with Crippen molar-refractivity contribution in [2.24, 2.45) is 0 Å². The van der Waals surface area contributed by atoms with Crippen LogP contribution in [0.5, 0.6) is 5.75 Å². The van der Waals surface area contributed by atoms with E-state index < -0.39 is 0 Å². The van der Waals surface area contributed by atoms with Crippen LogP contribution < -0.4 is 10.1 Å². The number of nitrogens with zero attached hydrogens (tertiary/aromatic N) is 1. The van der Waals surface area contributed by atoms with Crippen molar-refractivity contribution in [3.63, 3.8) is 0 Å². The Morgan fingerprint density at radius 2 is 2.05 bits per heavy atom. The maximum Gasteiger partial charge on any atom is 0.142 e. The number of hydrogen-bond acceptors (Lipinski definition) is 4. The molecule has 1 aromatic carbocycles. The normalized spacial score (nSPS) is 10.8. The van der Waals surface area contributed by atoms with Gasteiger partial charge in [0, 0.05) is 6.61 Å². The van der Waals surface area contributed by atoms with Crippen LogP contribution >= 0.6 is 0 Å². The number of hydrogen-bond donors (Lipinski definition) is 2. The summed E-state index contributed by atoms with van der Waals surface area (Å²) in [5.41, 5.74) is 1.92. The average molecular weight is 278 g/mol. The summed E-state index contributed by atoms with van der Waals surface area (Å²) in [6, 6.07) is 7.76. The highest BCUT2D eigenvalue weighted by Gasteiger charge is 2.12. The van der Waals surface area contributed by atoms with Gasteiger partial charge in [-0.2, -0.15) is 5.26 Å². The van der Waals surface area contributed by atoms with E-state index in [0.717, 1.165) is 29.8 Å². The van der Waals surface area contributed by atoms with Gasteiger partial charge in [-0.3, -0.25) is 0 Å². The number of nitrogens with one attached hydrogen (secondary N) is 1. The Balaban J connectivity index is 0.00000172. The lowest BCUT2D eigenvalue weighted by atomic mass is 10.1. The van der Waals surface area contributed by atoms with Gasteiger partial charge in [-0.15, -0.1) is 0 Å².